The quantitative estimate of drug-likeness (QED) is 0.255. The molecule has 0 unspecified atom stereocenters. The summed E-state index contributed by atoms with van der Waals surface area (Å²) in [5, 5.41) is 0. The summed E-state index contributed by atoms with van der Waals surface area (Å²) in [5.41, 5.74) is 2.50. The van der Waals surface area contributed by atoms with Gasteiger partial charge in [-0.25, -0.2) is 0 Å². The fourth-order valence-electron chi connectivity index (χ4n) is 2.81. The van der Waals surface area contributed by atoms with E-state index >= 15 is 0 Å². The molecule has 0 spiro atoms. The summed E-state index contributed by atoms with van der Waals surface area (Å²) in [5.74, 6) is 2.16. The van der Waals surface area contributed by atoms with Gasteiger partial charge in [-0.3, -0.25) is 4.79 Å². The summed E-state index contributed by atoms with van der Waals surface area (Å²) in [7, 11) is 1.60. The van der Waals surface area contributed by atoms with Crippen LogP contribution in [-0.2, 0) is 6.42 Å². The molecular weight excluding hydrogens is 364 g/mol. The van der Waals surface area contributed by atoms with Crippen molar-refractivity contribution in [3.63, 3.8) is 0 Å². The minimum Gasteiger partial charge on any atom is -0.497 e. The Balaban J connectivity index is 2.36. The lowest BCUT2D eigenvalue weighted by atomic mass is 10.0. The Bertz CT molecular complexity index is 835. The average molecular weight is 395 g/mol. The first-order valence-electron chi connectivity index (χ1n) is 10.0. The van der Waals surface area contributed by atoms with Gasteiger partial charge in [0.05, 0.1) is 20.3 Å². The van der Waals surface area contributed by atoms with Gasteiger partial charge in [0.25, 0.3) is 0 Å². The number of carbonyl (C=O) groups is 1. The number of carbonyl (C=O) groups excluding carboxylic acids is 1. The highest BCUT2D eigenvalue weighted by Crippen LogP contribution is 2.31. The van der Waals surface area contributed by atoms with Crippen molar-refractivity contribution in [1.29, 1.82) is 0 Å². The lowest BCUT2D eigenvalue weighted by Crippen LogP contribution is -2.03. The predicted molar refractivity (Wildman–Crippen MR) is 118 cm³/mol. The van der Waals surface area contributed by atoms with E-state index in [4.69, 9.17) is 14.2 Å². The first-order chi connectivity index (χ1) is 14.1. The van der Waals surface area contributed by atoms with Crippen molar-refractivity contribution >= 4 is 11.9 Å². The molecule has 0 aliphatic carbocycles. The van der Waals surface area contributed by atoms with Gasteiger partial charge in [0, 0.05) is 17.2 Å². The Kier molecular flexibility index (Phi) is 9.03. The maximum Gasteiger partial charge on any atom is 0.185 e. The van der Waals surface area contributed by atoms with Crippen LogP contribution in [0.3, 0.4) is 0 Å². The van der Waals surface area contributed by atoms with Crippen molar-refractivity contribution in [1.82, 2.24) is 0 Å². The van der Waals surface area contributed by atoms with E-state index in [0.29, 0.717) is 25.2 Å². The second-order valence-corrected chi connectivity index (χ2v) is 6.60. The van der Waals surface area contributed by atoms with Gasteiger partial charge in [-0.1, -0.05) is 26.0 Å². The van der Waals surface area contributed by atoms with E-state index in [-0.39, 0.29) is 5.78 Å². The van der Waals surface area contributed by atoms with Crippen molar-refractivity contribution in [3.8, 4) is 17.2 Å². The number of ether oxygens (including phenoxy) is 3. The van der Waals surface area contributed by atoms with Crippen molar-refractivity contribution in [3.05, 3.63) is 71.8 Å². The fourth-order valence-corrected chi connectivity index (χ4v) is 2.81. The molecule has 0 radical (unpaired) electrons. The van der Waals surface area contributed by atoms with Crippen LogP contribution in [0.1, 0.15) is 48.2 Å². The number of rotatable bonds is 12. The van der Waals surface area contributed by atoms with Crippen LogP contribution < -0.4 is 14.2 Å². The lowest BCUT2D eigenvalue weighted by Gasteiger charge is -2.16. The molecule has 4 heteroatoms. The van der Waals surface area contributed by atoms with E-state index in [1.165, 1.54) is 0 Å². The normalized spacial score (nSPS) is 10.7. The molecular formula is C25H30O4. The molecule has 0 fully saturated rings. The highest BCUT2D eigenvalue weighted by atomic mass is 16.5. The second kappa shape index (κ2) is 11.7. The molecule has 2 rings (SSSR count). The summed E-state index contributed by atoms with van der Waals surface area (Å²) in [6.45, 7) is 9.24. The highest BCUT2D eigenvalue weighted by Gasteiger charge is 2.12. The molecule has 0 heterocycles. The standard InChI is InChI=1S/C25H30O4/c1-5-8-23-20(11-14-24(26)19-9-12-21(27-4)13-10-19)17-22(28-15-6-2)18-25(23)29-16-7-3/h5,9-14,17-18H,1,6-8,15-16H2,2-4H3/b14-11+. The van der Waals surface area contributed by atoms with E-state index < -0.39 is 0 Å². The Hall–Kier alpha value is -3.01. The zero-order chi connectivity index (χ0) is 21.1. The predicted octanol–water partition coefficient (Wildman–Crippen LogP) is 5.90. The summed E-state index contributed by atoms with van der Waals surface area (Å²) in [6, 6.07) is 10.9. The molecule has 0 aliphatic rings. The zero-order valence-corrected chi connectivity index (χ0v) is 17.6. The summed E-state index contributed by atoms with van der Waals surface area (Å²) < 4.78 is 16.9. The molecule has 2 aromatic rings. The fraction of sp³-hybridized carbons (Fsp3) is 0.320. The van der Waals surface area contributed by atoms with E-state index in [1.54, 1.807) is 37.5 Å². The van der Waals surface area contributed by atoms with Crippen molar-refractivity contribution < 1.29 is 19.0 Å². The van der Waals surface area contributed by atoms with Crippen LogP contribution in [0.2, 0.25) is 0 Å². The first kappa shape index (κ1) is 22.3. The molecule has 4 nitrogen and oxygen atoms in total. The van der Waals surface area contributed by atoms with Gasteiger partial charge in [0.15, 0.2) is 5.78 Å². The third-order valence-corrected chi connectivity index (χ3v) is 4.29. The number of methoxy groups -OCH3 is 1. The lowest BCUT2D eigenvalue weighted by molar-refractivity contribution is 0.104. The smallest absolute Gasteiger partial charge is 0.185 e. The van der Waals surface area contributed by atoms with Gasteiger partial charge in [0.1, 0.15) is 17.2 Å². The van der Waals surface area contributed by atoms with Gasteiger partial charge in [-0.2, -0.15) is 0 Å². The molecule has 0 amide bonds. The molecule has 0 saturated carbocycles. The molecule has 0 saturated heterocycles. The summed E-state index contributed by atoms with van der Waals surface area (Å²) in [6.07, 6.45) is 7.71. The molecule has 2 aromatic carbocycles. The second-order valence-electron chi connectivity index (χ2n) is 6.60. The molecule has 0 aliphatic heterocycles. The number of ketones is 1. The molecule has 0 aromatic heterocycles. The first-order valence-corrected chi connectivity index (χ1v) is 10.0. The van der Waals surface area contributed by atoms with E-state index in [1.807, 2.05) is 24.3 Å². The van der Waals surface area contributed by atoms with Gasteiger partial charge in [0.2, 0.25) is 0 Å². The minimum atomic E-state index is -0.0758. The highest BCUT2D eigenvalue weighted by molar-refractivity contribution is 6.07. The van der Waals surface area contributed by atoms with Gasteiger partial charge in [-0.15, -0.1) is 6.58 Å². The Morgan fingerprint density at radius 2 is 1.69 bits per heavy atom. The monoisotopic (exact) mass is 394 g/mol. The SMILES string of the molecule is C=CCc1c(/C=C/C(=O)c2ccc(OC)cc2)cc(OCCC)cc1OCCC. The van der Waals surface area contributed by atoms with Crippen molar-refractivity contribution in [2.75, 3.05) is 20.3 Å². The summed E-state index contributed by atoms with van der Waals surface area (Å²) in [4.78, 5) is 12.6. The van der Waals surface area contributed by atoms with Gasteiger partial charge >= 0.3 is 0 Å². The van der Waals surface area contributed by atoms with E-state index in [0.717, 1.165) is 41.2 Å². The van der Waals surface area contributed by atoms with Gasteiger partial charge < -0.3 is 14.2 Å². The molecule has 29 heavy (non-hydrogen) atoms. The summed E-state index contributed by atoms with van der Waals surface area (Å²) >= 11 is 0. The number of hydrogen-bond acceptors (Lipinski definition) is 4. The Morgan fingerprint density at radius 1 is 1.00 bits per heavy atom. The molecule has 154 valence electrons. The molecule has 0 N–H and O–H groups in total. The average Bonchev–Trinajstić information content (AvgIpc) is 2.76. The van der Waals surface area contributed by atoms with Crippen LogP contribution in [0.4, 0.5) is 0 Å². The Morgan fingerprint density at radius 3 is 2.31 bits per heavy atom. The minimum absolute atomic E-state index is 0.0758. The van der Waals surface area contributed by atoms with Crippen LogP contribution in [0, 0.1) is 0 Å². The van der Waals surface area contributed by atoms with Crippen LogP contribution >= 0.6 is 0 Å². The molecule has 0 atom stereocenters. The van der Waals surface area contributed by atoms with Crippen LogP contribution in [0.25, 0.3) is 6.08 Å². The van der Waals surface area contributed by atoms with Gasteiger partial charge in [-0.05, 0) is 61.2 Å². The van der Waals surface area contributed by atoms with E-state index in [9.17, 15) is 4.79 Å². The number of benzene rings is 2. The third-order valence-electron chi connectivity index (χ3n) is 4.29. The van der Waals surface area contributed by atoms with E-state index in [2.05, 4.69) is 20.4 Å². The van der Waals surface area contributed by atoms with Crippen LogP contribution in [0.15, 0.2) is 55.1 Å². The maximum absolute atomic E-state index is 12.6. The van der Waals surface area contributed by atoms with Crippen molar-refractivity contribution in [2.24, 2.45) is 0 Å². The zero-order valence-electron chi connectivity index (χ0n) is 17.6. The van der Waals surface area contributed by atoms with Crippen LogP contribution in [0.5, 0.6) is 17.2 Å². The van der Waals surface area contributed by atoms with Crippen LogP contribution in [-0.4, -0.2) is 26.1 Å². The van der Waals surface area contributed by atoms with Crippen molar-refractivity contribution in [2.45, 2.75) is 33.1 Å². The third kappa shape index (κ3) is 6.53. The Labute approximate surface area is 173 Å². The number of allylic oxidation sites excluding steroid dienone is 2. The topological polar surface area (TPSA) is 44.8 Å². The maximum atomic E-state index is 12.6. The largest absolute Gasteiger partial charge is 0.497 e. The molecule has 0 bridgehead atoms. The number of hydrogen-bond donors (Lipinski definition) is 0.